The quantitative estimate of drug-likeness (QED) is 0.818. The van der Waals surface area contributed by atoms with E-state index in [1.54, 1.807) is 11.8 Å². The molecule has 1 aliphatic rings. The van der Waals surface area contributed by atoms with E-state index in [1.807, 2.05) is 25.3 Å². The van der Waals surface area contributed by atoms with Crippen molar-refractivity contribution in [3.05, 3.63) is 29.8 Å². The van der Waals surface area contributed by atoms with Gasteiger partial charge in [0.25, 0.3) is 0 Å². The van der Waals surface area contributed by atoms with Gasteiger partial charge in [-0.05, 0) is 37.4 Å². The molecule has 0 aromatic heterocycles. The second-order valence-electron chi connectivity index (χ2n) is 4.53. The number of nitrogens with two attached hydrogens (primary N) is 1. The van der Waals surface area contributed by atoms with Gasteiger partial charge in [-0.25, -0.2) is 4.99 Å². The predicted octanol–water partition coefficient (Wildman–Crippen LogP) is 2.16. The molecule has 20 heavy (non-hydrogen) atoms. The van der Waals surface area contributed by atoms with Crippen molar-refractivity contribution in [1.82, 2.24) is 0 Å². The number of ether oxygens (including phenoxy) is 1. The van der Waals surface area contributed by atoms with Crippen LogP contribution < -0.4 is 5.73 Å². The van der Waals surface area contributed by atoms with E-state index in [0.717, 1.165) is 11.3 Å². The van der Waals surface area contributed by atoms with Gasteiger partial charge < -0.3 is 10.5 Å². The van der Waals surface area contributed by atoms with Crippen LogP contribution in [0.2, 0.25) is 0 Å². The largest absolute Gasteiger partial charge is 0.472 e. The molecule has 1 aromatic rings. The maximum Gasteiger partial charge on any atom is 0.227 e. The van der Waals surface area contributed by atoms with Gasteiger partial charge in [0.2, 0.25) is 11.8 Å². The third-order valence-electron chi connectivity index (χ3n) is 2.99. The summed E-state index contributed by atoms with van der Waals surface area (Å²) >= 11 is 3.21. The fraction of sp³-hybridized carbons (Fsp3) is 0.429. The minimum absolute atomic E-state index is 0.0330. The Morgan fingerprint density at radius 1 is 1.40 bits per heavy atom. The van der Waals surface area contributed by atoms with Crippen molar-refractivity contribution in [2.75, 3.05) is 17.8 Å². The van der Waals surface area contributed by atoms with E-state index in [0.29, 0.717) is 11.7 Å². The number of nitrogens with zero attached hydrogens (tertiary/aromatic N) is 1. The van der Waals surface area contributed by atoms with Crippen LogP contribution in [-0.4, -0.2) is 41.7 Å². The summed E-state index contributed by atoms with van der Waals surface area (Å²) in [5, 5.41) is 0. The second-order valence-corrected chi connectivity index (χ2v) is 6.44. The first-order chi connectivity index (χ1) is 9.60. The highest BCUT2D eigenvalue weighted by Gasteiger charge is 2.27. The van der Waals surface area contributed by atoms with Crippen LogP contribution in [0.1, 0.15) is 12.5 Å². The van der Waals surface area contributed by atoms with Gasteiger partial charge in [0.05, 0.1) is 11.8 Å². The van der Waals surface area contributed by atoms with E-state index in [2.05, 4.69) is 17.1 Å². The van der Waals surface area contributed by atoms with Crippen LogP contribution in [0.15, 0.2) is 34.2 Å². The topological polar surface area (TPSA) is 64.7 Å². The summed E-state index contributed by atoms with van der Waals surface area (Å²) in [5.74, 6) is 1.47. The summed E-state index contributed by atoms with van der Waals surface area (Å²) < 4.78 is 5.80. The van der Waals surface area contributed by atoms with Crippen molar-refractivity contribution >= 4 is 35.3 Å². The monoisotopic (exact) mass is 310 g/mol. The zero-order valence-electron chi connectivity index (χ0n) is 11.5. The van der Waals surface area contributed by atoms with Crippen LogP contribution in [-0.2, 0) is 9.53 Å². The molecule has 1 heterocycles. The summed E-state index contributed by atoms with van der Waals surface area (Å²) in [6, 6.07) is 8.25. The summed E-state index contributed by atoms with van der Waals surface area (Å²) in [4.78, 5) is 16.6. The van der Waals surface area contributed by atoms with Gasteiger partial charge >= 0.3 is 0 Å². The van der Waals surface area contributed by atoms with Gasteiger partial charge in [0, 0.05) is 16.2 Å². The number of hydrogen-bond donors (Lipinski definition) is 1. The van der Waals surface area contributed by atoms with Crippen molar-refractivity contribution < 1.29 is 9.53 Å². The Balaban J connectivity index is 1.99. The maximum atomic E-state index is 10.7. The van der Waals surface area contributed by atoms with Crippen LogP contribution in [0, 0.1) is 0 Å². The molecule has 2 atom stereocenters. The van der Waals surface area contributed by atoms with Gasteiger partial charge in [-0.1, -0.05) is 0 Å². The molecule has 2 rings (SSSR count). The molecule has 1 amide bonds. The third kappa shape index (κ3) is 3.93. The zero-order valence-corrected chi connectivity index (χ0v) is 13.2. The van der Waals surface area contributed by atoms with Gasteiger partial charge in [-0.2, -0.15) is 0 Å². The summed E-state index contributed by atoms with van der Waals surface area (Å²) in [6.45, 7) is 2.00. The molecule has 2 N–H and O–H groups in total. The Morgan fingerprint density at radius 2 is 2.10 bits per heavy atom. The lowest BCUT2D eigenvalue weighted by Gasteiger charge is -2.11. The lowest BCUT2D eigenvalue weighted by atomic mass is 10.2. The average molecular weight is 310 g/mol. The number of thioether (sulfide) groups is 2. The molecule has 0 aliphatic carbocycles. The molecule has 0 bridgehead atoms. The first-order valence-corrected chi connectivity index (χ1v) is 8.73. The standard InChI is InChI=1S/C14H18N2O2S2/c1-9-12(7-20-8-13(15)17)16-14(18-9)10-3-5-11(19-2)6-4-10/h3-6,9,12H,7-8H2,1-2H3,(H2,15,17). The highest BCUT2D eigenvalue weighted by atomic mass is 32.2. The SMILES string of the molecule is CSc1ccc(C2=NC(CSCC(N)=O)C(C)O2)cc1. The number of benzene rings is 1. The van der Waals surface area contributed by atoms with Crippen LogP contribution in [0.25, 0.3) is 0 Å². The highest BCUT2D eigenvalue weighted by molar-refractivity contribution is 8.00. The Kier molecular flexibility index (Phi) is 5.37. The van der Waals surface area contributed by atoms with E-state index < -0.39 is 0 Å². The van der Waals surface area contributed by atoms with E-state index in [4.69, 9.17) is 10.5 Å². The molecule has 4 nitrogen and oxygen atoms in total. The van der Waals surface area contributed by atoms with Crippen molar-refractivity contribution in [3.63, 3.8) is 0 Å². The molecule has 0 radical (unpaired) electrons. The van der Waals surface area contributed by atoms with Crippen LogP contribution in [0.3, 0.4) is 0 Å². The number of aliphatic imine (C=N–C) groups is 1. The molecule has 1 aromatic carbocycles. The first-order valence-electron chi connectivity index (χ1n) is 6.35. The molecule has 1 aliphatic heterocycles. The first kappa shape index (κ1) is 15.3. The van der Waals surface area contributed by atoms with Crippen LogP contribution >= 0.6 is 23.5 Å². The van der Waals surface area contributed by atoms with Gasteiger partial charge in [0.15, 0.2) is 0 Å². The van der Waals surface area contributed by atoms with Gasteiger partial charge in [-0.3, -0.25) is 4.79 Å². The van der Waals surface area contributed by atoms with E-state index in [9.17, 15) is 4.79 Å². The lowest BCUT2D eigenvalue weighted by Crippen LogP contribution is -2.22. The summed E-state index contributed by atoms with van der Waals surface area (Å²) in [6.07, 6.45) is 2.08. The van der Waals surface area contributed by atoms with E-state index in [1.165, 1.54) is 16.7 Å². The summed E-state index contributed by atoms with van der Waals surface area (Å²) in [5.41, 5.74) is 6.13. The Labute approximate surface area is 127 Å². The number of primary amides is 1. The average Bonchev–Trinajstić information content (AvgIpc) is 2.80. The molecule has 0 saturated carbocycles. The van der Waals surface area contributed by atoms with E-state index >= 15 is 0 Å². The Hall–Kier alpha value is -1.14. The van der Waals surface area contributed by atoms with Gasteiger partial charge in [0.1, 0.15) is 6.10 Å². The zero-order chi connectivity index (χ0) is 14.5. The molecule has 0 saturated heterocycles. The number of hydrogen-bond acceptors (Lipinski definition) is 5. The third-order valence-corrected chi connectivity index (χ3v) is 4.80. The van der Waals surface area contributed by atoms with Crippen LogP contribution in [0.4, 0.5) is 0 Å². The van der Waals surface area contributed by atoms with Gasteiger partial charge in [-0.15, -0.1) is 23.5 Å². The molecule has 6 heteroatoms. The molecule has 0 fully saturated rings. The lowest BCUT2D eigenvalue weighted by molar-refractivity contribution is -0.115. The minimum atomic E-state index is -0.293. The predicted molar refractivity (Wildman–Crippen MR) is 85.6 cm³/mol. The van der Waals surface area contributed by atoms with Crippen molar-refractivity contribution in [2.24, 2.45) is 10.7 Å². The Morgan fingerprint density at radius 3 is 2.70 bits per heavy atom. The normalized spacial score (nSPS) is 21.4. The molecular formula is C14H18N2O2S2. The molecule has 0 spiro atoms. The van der Waals surface area contributed by atoms with Crippen molar-refractivity contribution in [2.45, 2.75) is 24.0 Å². The highest BCUT2D eigenvalue weighted by Crippen LogP contribution is 2.22. The molecular weight excluding hydrogens is 292 g/mol. The summed E-state index contributed by atoms with van der Waals surface area (Å²) in [7, 11) is 0. The van der Waals surface area contributed by atoms with E-state index in [-0.39, 0.29) is 18.1 Å². The number of amides is 1. The Bertz CT molecular complexity index is 502. The minimum Gasteiger partial charge on any atom is -0.472 e. The number of carbonyl (C=O) groups is 1. The van der Waals surface area contributed by atoms with Crippen LogP contribution in [0.5, 0.6) is 0 Å². The number of carbonyl (C=O) groups excluding carboxylic acids is 1. The maximum absolute atomic E-state index is 10.7. The fourth-order valence-electron chi connectivity index (χ4n) is 1.87. The number of rotatable bonds is 6. The smallest absolute Gasteiger partial charge is 0.227 e. The molecule has 108 valence electrons. The fourth-order valence-corrected chi connectivity index (χ4v) is 3.18. The molecule has 2 unspecified atom stereocenters. The van der Waals surface area contributed by atoms with Crippen molar-refractivity contribution in [3.8, 4) is 0 Å². The van der Waals surface area contributed by atoms with Crippen molar-refractivity contribution in [1.29, 1.82) is 0 Å². The second kappa shape index (κ2) is 7.04.